The van der Waals surface area contributed by atoms with Crippen molar-refractivity contribution in [2.45, 2.75) is 4.90 Å². The third-order valence-electron chi connectivity index (χ3n) is 1.29. The molecule has 0 saturated carbocycles. The summed E-state index contributed by atoms with van der Waals surface area (Å²) in [5.41, 5.74) is 5.01. The second-order valence-corrected chi connectivity index (χ2v) is 6.80. The molecule has 7 heteroatoms. The minimum absolute atomic E-state index is 0.0168. The average molecular weight is 284 g/mol. The molecule has 1 heterocycles. The van der Waals surface area contributed by atoms with Crippen LogP contribution in [-0.4, -0.2) is 20.6 Å². The van der Waals surface area contributed by atoms with Gasteiger partial charge in [-0.05, 0) is 22.0 Å². The molecule has 1 aromatic heterocycles. The van der Waals surface area contributed by atoms with Gasteiger partial charge in [0.25, 0.3) is 5.91 Å². The molecule has 2 N–H and O–H groups in total. The Balaban J connectivity index is 3.46. The Hall–Kier alpha value is -0.400. The summed E-state index contributed by atoms with van der Waals surface area (Å²) >= 11 is 4.10. The zero-order valence-corrected chi connectivity index (χ0v) is 9.79. The normalized spacial score (nSPS) is 11.5. The van der Waals surface area contributed by atoms with Crippen LogP contribution in [0.5, 0.6) is 0 Å². The summed E-state index contributed by atoms with van der Waals surface area (Å²) in [6.07, 6.45) is 1.04. The Morgan fingerprint density at radius 2 is 2.15 bits per heavy atom. The fourth-order valence-corrected chi connectivity index (χ4v) is 3.71. The molecule has 0 saturated heterocycles. The van der Waals surface area contributed by atoms with Crippen molar-refractivity contribution in [3.8, 4) is 0 Å². The van der Waals surface area contributed by atoms with E-state index in [1.54, 1.807) is 0 Å². The molecule has 1 aromatic rings. The molecule has 72 valence electrons. The van der Waals surface area contributed by atoms with Gasteiger partial charge >= 0.3 is 0 Å². The molecule has 0 atom stereocenters. The van der Waals surface area contributed by atoms with Gasteiger partial charge in [-0.15, -0.1) is 11.3 Å². The van der Waals surface area contributed by atoms with Crippen LogP contribution in [0.25, 0.3) is 0 Å². The summed E-state index contributed by atoms with van der Waals surface area (Å²) in [4.78, 5) is 10.9. The standard InChI is InChI=1S/C6H6BrNO3S2/c1-13(10,11)3-2-4(7)12-5(3)6(8)9/h2H,1H3,(H2,8,9). The molecule has 1 amide bonds. The number of primary amides is 1. The number of thiophene rings is 1. The van der Waals surface area contributed by atoms with Crippen LogP contribution in [0.15, 0.2) is 14.7 Å². The summed E-state index contributed by atoms with van der Waals surface area (Å²) < 4.78 is 22.9. The van der Waals surface area contributed by atoms with Crippen LogP contribution in [-0.2, 0) is 9.84 Å². The number of carbonyl (C=O) groups is 1. The van der Waals surface area contributed by atoms with Crippen LogP contribution < -0.4 is 5.73 Å². The van der Waals surface area contributed by atoms with Crippen molar-refractivity contribution >= 4 is 43.0 Å². The predicted molar refractivity (Wildman–Crippen MR) is 53.6 cm³/mol. The molecule has 0 aliphatic heterocycles. The van der Waals surface area contributed by atoms with Crippen LogP contribution in [0.1, 0.15) is 9.67 Å². The Labute approximate surface area is 87.8 Å². The first kappa shape index (κ1) is 10.7. The third kappa shape index (κ3) is 2.29. The van der Waals surface area contributed by atoms with E-state index in [4.69, 9.17) is 5.73 Å². The molecular weight excluding hydrogens is 278 g/mol. The van der Waals surface area contributed by atoms with E-state index < -0.39 is 15.7 Å². The molecule has 0 unspecified atom stereocenters. The Morgan fingerprint density at radius 3 is 2.46 bits per heavy atom. The number of amides is 1. The molecule has 13 heavy (non-hydrogen) atoms. The summed E-state index contributed by atoms with van der Waals surface area (Å²) in [5.74, 6) is -0.726. The van der Waals surface area contributed by atoms with Crippen LogP contribution >= 0.6 is 27.3 Å². The lowest BCUT2D eigenvalue weighted by molar-refractivity contribution is 0.100. The highest BCUT2D eigenvalue weighted by Gasteiger charge is 2.20. The van der Waals surface area contributed by atoms with Crippen molar-refractivity contribution in [3.63, 3.8) is 0 Å². The van der Waals surface area contributed by atoms with E-state index >= 15 is 0 Å². The van der Waals surface area contributed by atoms with Crippen molar-refractivity contribution in [3.05, 3.63) is 14.7 Å². The number of halogens is 1. The summed E-state index contributed by atoms with van der Waals surface area (Å²) in [5, 5.41) is 0. The largest absolute Gasteiger partial charge is 0.365 e. The zero-order chi connectivity index (χ0) is 10.2. The SMILES string of the molecule is CS(=O)(=O)c1cc(Br)sc1C(N)=O. The highest BCUT2D eigenvalue weighted by atomic mass is 79.9. The molecule has 4 nitrogen and oxygen atoms in total. The molecule has 0 fully saturated rings. The van der Waals surface area contributed by atoms with E-state index in [1.807, 2.05) is 0 Å². The van der Waals surface area contributed by atoms with E-state index in [0.29, 0.717) is 3.79 Å². The van der Waals surface area contributed by atoms with Crippen molar-refractivity contribution < 1.29 is 13.2 Å². The topological polar surface area (TPSA) is 77.2 Å². The summed E-state index contributed by atoms with van der Waals surface area (Å²) in [7, 11) is -3.38. The zero-order valence-electron chi connectivity index (χ0n) is 6.57. The molecule has 1 rings (SSSR count). The third-order valence-corrected chi connectivity index (χ3v) is 4.19. The molecule has 0 radical (unpaired) electrons. The maximum absolute atomic E-state index is 11.1. The number of nitrogens with two attached hydrogens (primary N) is 1. The van der Waals surface area contributed by atoms with E-state index in [9.17, 15) is 13.2 Å². The molecular formula is C6H6BrNO3S2. The second-order valence-electron chi connectivity index (χ2n) is 2.38. The smallest absolute Gasteiger partial charge is 0.260 e. The molecule has 0 aliphatic carbocycles. The fraction of sp³-hybridized carbons (Fsp3) is 0.167. The lowest BCUT2D eigenvalue weighted by Gasteiger charge is -1.95. The van der Waals surface area contributed by atoms with Gasteiger partial charge in [0.05, 0.1) is 8.68 Å². The number of hydrogen-bond acceptors (Lipinski definition) is 4. The van der Waals surface area contributed by atoms with Gasteiger partial charge in [0.15, 0.2) is 9.84 Å². The minimum atomic E-state index is -3.38. The van der Waals surface area contributed by atoms with Crippen LogP contribution in [0, 0.1) is 0 Å². The van der Waals surface area contributed by atoms with Crippen LogP contribution in [0.2, 0.25) is 0 Å². The molecule has 0 bridgehead atoms. The number of sulfone groups is 1. The number of carbonyl (C=O) groups excluding carboxylic acids is 1. The van der Waals surface area contributed by atoms with Crippen LogP contribution in [0.3, 0.4) is 0 Å². The summed E-state index contributed by atoms with van der Waals surface area (Å²) in [6.45, 7) is 0. The first-order valence-electron chi connectivity index (χ1n) is 3.11. The lowest BCUT2D eigenvalue weighted by atomic mass is 10.4. The van der Waals surface area contributed by atoms with Gasteiger partial charge in [0.2, 0.25) is 0 Å². The maximum atomic E-state index is 11.1. The van der Waals surface area contributed by atoms with Crippen molar-refractivity contribution in [1.82, 2.24) is 0 Å². The van der Waals surface area contributed by atoms with Gasteiger partial charge in [0.1, 0.15) is 4.88 Å². The average Bonchev–Trinajstić information content (AvgIpc) is 2.29. The van der Waals surface area contributed by atoms with Crippen molar-refractivity contribution in [2.75, 3.05) is 6.26 Å². The highest BCUT2D eigenvalue weighted by Crippen LogP contribution is 2.29. The van der Waals surface area contributed by atoms with E-state index in [2.05, 4.69) is 15.9 Å². The second kappa shape index (κ2) is 3.39. The highest BCUT2D eigenvalue weighted by molar-refractivity contribution is 9.11. The van der Waals surface area contributed by atoms with E-state index in [1.165, 1.54) is 6.07 Å². The first-order chi connectivity index (χ1) is 5.82. The lowest BCUT2D eigenvalue weighted by Crippen LogP contribution is -2.12. The Bertz CT molecular complexity index is 448. The quantitative estimate of drug-likeness (QED) is 0.880. The predicted octanol–water partition coefficient (Wildman–Crippen LogP) is 1.01. The molecule has 0 aromatic carbocycles. The first-order valence-corrected chi connectivity index (χ1v) is 6.61. The van der Waals surface area contributed by atoms with Gasteiger partial charge in [-0.25, -0.2) is 8.42 Å². The number of rotatable bonds is 2. The van der Waals surface area contributed by atoms with Gasteiger partial charge in [-0.3, -0.25) is 4.79 Å². The van der Waals surface area contributed by atoms with Gasteiger partial charge in [0, 0.05) is 6.26 Å². The fourth-order valence-electron chi connectivity index (χ4n) is 0.793. The monoisotopic (exact) mass is 283 g/mol. The van der Waals surface area contributed by atoms with Crippen molar-refractivity contribution in [1.29, 1.82) is 0 Å². The summed E-state index contributed by atoms with van der Waals surface area (Å²) in [6, 6.07) is 1.38. The molecule has 0 aliphatic rings. The van der Waals surface area contributed by atoms with Crippen molar-refractivity contribution in [2.24, 2.45) is 5.73 Å². The van der Waals surface area contributed by atoms with Gasteiger partial charge in [-0.2, -0.15) is 0 Å². The Kier molecular flexibility index (Phi) is 2.79. The molecule has 0 spiro atoms. The number of hydrogen-bond donors (Lipinski definition) is 1. The minimum Gasteiger partial charge on any atom is -0.365 e. The van der Waals surface area contributed by atoms with E-state index in [-0.39, 0.29) is 9.77 Å². The Morgan fingerprint density at radius 1 is 1.62 bits per heavy atom. The van der Waals surface area contributed by atoms with E-state index in [0.717, 1.165) is 17.6 Å². The van der Waals surface area contributed by atoms with Gasteiger partial charge in [-0.1, -0.05) is 0 Å². The van der Waals surface area contributed by atoms with Gasteiger partial charge < -0.3 is 5.73 Å². The maximum Gasteiger partial charge on any atom is 0.260 e. The van der Waals surface area contributed by atoms with Crippen LogP contribution in [0.4, 0.5) is 0 Å².